The molecule has 22 heavy (non-hydrogen) atoms. The van der Waals surface area contributed by atoms with Crippen LogP contribution in [0.4, 0.5) is 11.4 Å². The Kier molecular flexibility index (Phi) is 5.30. The lowest BCUT2D eigenvalue weighted by Gasteiger charge is -2.12. The largest absolute Gasteiger partial charge is 0.358 e. The SMILES string of the molecule is Cc1ccccc1CNC(=S)Nc1cc([N+](=O)[O-])ccc1Cl. The van der Waals surface area contributed by atoms with Gasteiger partial charge in [-0.15, -0.1) is 0 Å². The van der Waals surface area contributed by atoms with Crippen LogP contribution in [0.25, 0.3) is 0 Å². The average molecular weight is 336 g/mol. The van der Waals surface area contributed by atoms with Gasteiger partial charge in [0.05, 0.1) is 15.6 Å². The van der Waals surface area contributed by atoms with Crippen LogP contribution >= 0.6 is 23.8 Å². The topological polar surface area (TPSA) is 67.2 Å². The Bertz CT molecular complexity index is 722. The van der Waals surface area contributed by atoms with Crippen LogP contribution in [0.1, 0.15) is 11.1 Å². The molecule has 2 aromatic rings. The molecule has 7 heteroatoms. The van der Waals surface area contributed by atoms with Crippen LogP contribution < -0.4 is 10.6 Å². The first-order valence-electron chi connectivity index (χ1n) is 6.50. The van der Waals surface area contributed by atoms with Gasteiger partial charge in [0.15, 0.2) is 5.11 Å². The second kappa shape index (κ2) is 7.20. The van der Waals surface area contributed by atoms with Crippen molar-refractivity contribution in [2.45, 2.75) is 13.5 Å². The summed E-state index contributed by atoms with van der Waals surface area (Å²) in [6.45, 7) is 2.58. The highest BCUT2D eigenvalue weighted by molar-refractivity contribution is 7.80. The van der Waals surface area contributed by atoms with Crippen LogP contribution in [0.2, 0.25) is 5.02 Å². The van der Waals surface area contributed by atoms with E-state index in [-0.39, 0.29) is 5.69 Å². The monoisotopic (exact) mass is 335 g/mol. The zero-order chi connectivity index (χ0) is 16.1. The molecule has 0 heterocycles. The summed E-state index contributed by atoms with van der Waals surface area (Å²) in [5, 5.41) is 17.4. The molecule has 2 N–H and O–H groups in total. The number of anilines is 1. The van der Waals surface area contributed by atoms with Crippen molar-refractivity contribution >= 4 is 40.3 Å². The zero-order valence-electron chi connectivity index (χ0n) is 11.8. The number of nitrogens with one attached hydrogen (secondary N) is 2. The van der Waals surface area contributed by atoms with E-state index in [1.165, 1.54) is 18.2 Å². The van der Waals surface area contributed by atoms with Gasteiger partial charge < -0.3 is 10.6 Å². The van der Waals surface area contributed by atoms with E-state index in [0.717, 1.165) is 11.1 Å². The number of nitrogens with zero attached hydrogens (tertiary/aromatic N) is 1. The van der Waals surface area contributed by atoms with E-state index in [0.29, 0.717) is 22.4 Å². The third kappa shape index (κ3) is 4.16. The molecule has 0 unspecified atom stereocenters. The van der Waals surface area contributed by atoms with Crippen molar-refractivity contribution < 1.29 is 4.92 Å². The summed E-state index contributed by atoms with van der Waals surface area (Å²) >= 11 is 11.2. The Morgan fingerprint density at radius 2 is 2.05 bits per heavy atom. The molecule has 2 aromatic carbocycles. The Labute approximate surface area is 138 Å². The third-order valence-electron chi connectivity index (χ3n) is 3.11. The van der Waals surface area contributed by atoms with E-state index in [9.17, 15) is 10.1 Å². The lowest BCUT2D eigenvalue weighted by Crippen LogP contribution is -2.28. The molecular weight excluding hydrogens is 322 g/mol. The van der Waals surface area contributed by atoms with Gasteiger partial charge in [-0.2, -0.15) is 0 Å². The van der Waals surface area contributed by atoms with Gasteiger partial charge in [0.1, 0.15) is 0 Å². The Hall–Kier alpha value is -2.18. The summed E-state index contributed by atoms with van der Waals surface area (Å²) in [7, 11) is 0. The fourth-order valence-electron chi connectivity index (χ4n) is 1.87. The van der Waals surface area contributed by atoms with Crippen LogP contribution in [0.3, 0.4) is 0 Å². The molecule has 0 saturated carbocycles. The van der Waals surface area contributed by atoms with E-state index in [1.807, 2.05) is 31.2 Å². The van der Waals surface area contributed by atoms with Crippen LogP contribution in [0.5, 0.6) is 0 Å². The highest BCUT2D eigenvalue weighted by Gasteiger charge is 2.10. The molecule has 5 nitrogen and oxygen atoms in total. The molecule has 114 valence electrons. The number of aryl methyl sites for hydroxylation is 1. The first-order valence-corrected chi connectivity index (χ1v) is 7.29. The molecule has 0 aliphatic carbocycles. The first kappa shape index (κ1) is 16.2. The smallest absolute Gasteiger partial charge is 0.271 e. The molecule has 0 aromatic heterocycles. The highest BCUT2D eigenvalue weighted by Crippen LogP contribution is 2.26. The fourth-order valence-corrected chi connectivity index (χ4v) is 2.22. The molecule has 0 bridgehead atoms. The van der Waals surface area contributed by atoms with Gasteiger partial charge in [0, 0.05) is 18.7 Å². The lowest BCUT2D eigenvalue weighted by atomic mass is 10.1. The third-order valence-corrected chi connectivity index (χ3v) is 3.69. The van der Waals surface area contributed by atoms with Gasteiger partial charge in [0.2, 0.25) is 0 Å². The summed E-state index contributed by atoms with van der Waals surface area (Å²) in [5.41, 5.74) is 2.63. The molecule has 0 atom stereocenters. The second-order valence-electron chi connectivity index (χ2n) is 4.66. The molecule has 0 fully saturated rings. The van der Waals surface area contributed by atoms with Crippen molar-refractivity contribution in [3.8, 4) is 0 Å². The Morgan fingerprint density at radius 3 is 2.73 bits per heavy atom. The van der Waals surface area contributed by atoms with E-state index in [1.54, 1.807) is 0 Å². The second-order valence-corrected chi connectivity index (χ2v) is 5.47. The van der Waals surface area contributed by atoms with Crippen molar-refractivity contribution in [1.82, 2.24) is 5.32 Å². The summed E-state index contributed by atoms with van der Waals surface area (Å²) in [6.07, 6.45) is 0. The van der Waals surface area contributed by atoms with Crippen LogP contribution in [-0.2, 0) is 6.54 Å². The maximum atomic E-state index is 10.8. The summed E-state index contributed by atoms with van der Waals surface area (Å²) in [5.74, 6) is 0. The predicted molar refractivity (Wildman–Crippen MR) is 92.3 cm³/mol. The van der Waals surface area contributed by atoms with Gasteiger partial charge in [-0.3, -0.25) is 10.1 Å². The number of hydrogen-bond acceptors (Lipinski definition) is 3. The maximum Gasteiger partial charge on any atom is 0.271 e. The van der Waals surface area contributed by atoms with Gasteiger partial charge in [-0.1, -0.05) is 35.9 Å². The van der Waals surface area contributed by atoms with Crippen LogP contribution in [-0.4, -0.2) is 10.0 Å². The van der Waals surface area contributed by atoms with Crippen LogP contribution in [0.15, 0.2) is 42.5 Å². The number of benzene rings is 2. The van der Waals surface area contributed by atoms with E-state index in [4.69, 9.17) is 23.8 Å². The molecule has 0 aliphatic rings. The summed E-state index contributed by atoms with van der Waals surface area (Å²) in [6, 6.07) is 12.1. The number of nitro benzene ring substituents is 1. The van der Waals surface area contributed by atoms with Crippen molar-refractivity contribution in [2.75, 3.05) is 5.32 Å². The number of nitro groups is 1. The molecule has 0 radical (unpaired) electrons. The minimum Gasteiger partial charge on any atom is -0.358 e. The van der Waals surface area contributed by atoms with E-state index >= 15 is 0 Å². The first-order chi connectivity index (χ1) is 10.5. The number of thiocarbonyl (C=S) groups is 1. The number of hydrogen-bond donors (Lipinski definition) is 2. The molecular formula is C15H14ClN3O2S. The molecule has 0 aliphatic heterocycles. The lowest BCUT2D eigenvalue weighted by molar-refractivity contribution is -0.384. The molecule has 0 spiro atoms. The van der Waals surface area contributed by atoms with Crippen molar-refractivity contribution in [3.05, 3.63) is 68.7 Å². The zero-order valence-corrected chi connectivity index (χ0v) is 13.4. The molecule has 2 rings (SSSR count). The van der Waals surface area contributed by atoms with Crippen molar-refractivity contribution in [3.63, 3.8) is 0 Å². The molecule has 0 saturated heterocycles. The van der Waals surface area contributed by atoms with Gasteiger partial charge >= 0.3 is 0 Å². The summed E-state index contributed by atoms with van der Waals surface area (Å²) < 4.78 is 0. The van der Waals surface area contributed by atoms with Gasteiger partial charge in [0.25, 0.3) is 5.69 Å². The predicted octanol–water partition coefficient (Wildman–Crippen LogP) is 4.04. The Morgan fingerprint density at radius 1 is 1.32 bits per heavy atom. The average Bonchev–Trinajstić information content (AvgIpc) is 2.48. The van der Waals surface area contributed by atoms with E-state index < -0.39 is 4.92 Å². The standard InChI is InChI=1S/C15H14ClN3O2S/c1-10-4-2-3-5-11(10)9-17-15(22)18-14-8-12(19(20)21)6-7-13(14)16/h2-8H,9H2,1H3,(H2,17,18,22). The molecule has 0 amide bonds. The van der Waals surface area contributed by atoms with Gasteiger partial charge in [-0.25, -0.2) is 0 Å². The summed E-state index contributed by atoms with van der Waals surface area (Å²) in [4.78, 5) is 10.3. The Balaban J connectivity index is 2.02. The van der Waals surface area contributed by atoms with E-state index in [2.05, 4.69) is 10.6 Å². The number of non-ortho nitro benzene ring substituents is 1. The van der Waals surface area contributed by atoms with Crippen LogP contribution in [0, 0.1) is 17.0 Å². The quantitative estimate of drug-likeness (QED) is 0.501. The van der Waals surface area contributed by atoms with Gasteiger partial charge in [-0.05, 0) is 36.3 Å². The van der Waals surface area contributed by atoms with Crippen molar-refractivity contribution in [2.24, 2.45) is 0 Å². The maximum absolute atomic E-state index is 10.8. The number of rotatable bonds is 4. The minimum absolute atomic E-state index is 0.0476. The minimum atomic E-state index is -0.481. The number of halogens is 1. The van der Waals surface area contributed by atoms with Crippen molar-refractivity contribution in [1.29, 1.82) is 0 Å². The highest BCUT2D eigenvalue weighted by atomic mass is 35.5. The fraction of sp³-hybridized carbons (Fsp3) is 0.133. The normalized spacial score (nSPS) is 10.1.